The van der Waals surface area contributed by atoms with Gasteiger partial charge in [-0.25, -0.2) is 8.42 Å². The van der Waals surface area contributed by atoms with E-state index in [4.69, 9.17) is 4.74 Å². The minimum atomic E-state index is -3.78. The second-order valence-electron chi connectivity index (χ2n) is 8.73. The lowest BCUT2D eigenvalue weighted by Gasteiger charge is -2.32. The number of nitrogens with one attached hydrogen (secondary N) is 2. The smallest absolute Gasteiger partial charge is 0.310 e. The van der Waals surface area contributed by atoms with Gasteiger partial charge in [0, 0.05) is 23.0 Å². The standard InChI is InChI=1S/C23H25N3O5S/c1-14-5-8-16(9-6-14)32(29,30)25-15-7-10-19-18(12-15)23(22(28)24-19)13-17(21(27)31-2)20-4-3-11-26(20)23/h5-10,12,17,20,25H,3-4,11,13H2,1-2H3,(H,24,28). The van der Waals surface area contributed by atoms with Gasteiger partial charge < -0.3 is 10.1 Å². The highest BCUT2D eigenvalue weighted by molar-refractivity contribution is 7.92. The van der Waals surface area contributed by atoms with Crippen LogP contribution in [-0.4, -0.2) is 44.9 Å². The fourth-order valence-electron chi connectivity index (χ4n) is 5.47. The molecule has 168 valence electrons. The average Bonchev–Trinajstić information content (AvgIpc) is 3.43. The summed E-state index contributed by atoms with van der Waals surface area (Å²) in [6.45, 7) is 2.59. The second kappa shape index (κ2) is 7.31. The summed E-state index contributed by atoms with van der Waals surface area (Å²) in [5, 5.41) is 2.94. The number of aryl methyl sites for hydroxylation is 1. The molecule has 1 spiro atoms. The Hall–Kier alpha value is -2.91. The van der Waals surface area contributed by atoms with Gasteiger partial charge in [-0.1, -0.05) is 17.7 Å². The molecule has 32 heavy (non-hydrogen) atoms. The first-order chi connectivity index (χ1) is 15.3. The molecule has 0 aliphatic carbocycles. The van der Waals surface area contributed by atoms with Gasteiger partial charge in [-0.3, -0.25) is 19.2 Å². The number of carbonyl (C=O) groups is 2. The van der Waals surface area contributed by atoms with Crippen molar-refractivity contribution in [3.05, 3.63) is 53.6 Å². The van der Waals surface area contributed by atoms with Crippen LogP contribution in [0.2, 0.25) is 0 Å². The van der Waals surface area contributed by atoms with Crippen molar-refractivity contribution in [1.29, 1.82) is 0 Å². The largest absolute Gasteiger partial charge is 0.469 e. The molecule has 0 bridgehead atoms. The maximum absolute atomic E-state index is 13.3. The molecule has 3 heterocycles. The van der Waals surface area contributed by atoms with Crippen molar-refractivity contribution < 1.29 is 22.7 Å². The van der Waals surface area contributed by atoms with E-state index in [2.05, 4.69) is 14.9 Å². The van der Waals surface area contributed by atoms with Crippen molar-refractivity contribution >= 4 is 33.3 Å². The number of hydrogen-bond acceptors (Lipinski definition) is 6. The van der Waals surface area contributed by atoms with E-state index in [-0.39, 0.29) is 22.8 Å². The van der Waals surface area contributed by atoms with Gasteiger partial charge in [0.2, 0.25) is 5.91 Å². The SMILES string of the molecule is COC(=O)C1CC2(C(=O)Nc3ccc(NS(=O)(=O)c4ccc(C)cc4)cc32)N2CCCC12. The molecule has 2 saturated heterocycles. The number of rotatable bonds is 4. The predicted molar refractivity (Wildman–Crippen MR) is 119 cm³/mol. The van der Waals surface area contributed by atoms with Gasteiger partial charge in [-0.15, -0.1) is 0 Å². The van der Waals surface area contributed by atoms with Crippen molar-refractivity contribution in [1.82, 2.24) is 4.90 Å². The van der Waals surface area contributed by atoms with E-state index in [0.29, 0.717) is 29.9 Å². The number of benzene rings is 2. The number of fused-ring (bicyclic) bond motifs is 4. The van der Waals surface area contributed by atoms with Crippen LogP contribution in [0.15, 0.2) is 47.4 Å². The number of sulfonamides is 1. The van der Waals surface area contributed by atoms with Gasteiger partial charge >= 0.3 is 5.97 Å². The third kappa shape index (κ3) is 3.02. The summed E-state index contributed by atoms with van der Waals surface area (Å²) in [5.41, 5.74) is 1.68. The number of methoxy groups -OCH3 is 1. The van der Waals surface area contributed by atoms with E-state index in [1.807, 2.05) is 6.92 Å². The first-order valence-electron chi connectivity index (χ1n) is 10.7. The Bertz CT molecular complexity index is 1210. The van der Waals surface area contributed by atoms with Gasteiger partial charge in [0.25, 0.3) is 10.0 Å². The Kier molecular flexibility index (Phi) is 4.79. The summed E-state index contributed by atoms with van der Waals surface area (Å²) >= 11 is 0. The maximum atomic E-state index is 13.3. The highest BCUT2D eigenvalue weighted by Gasteiger charge is 2.63. The molecule has 3 aliphatic heterocycles. The Morgan fingerprint density at radius 2 is 1.97 bits per heavy atom. The number of anilines is 2. The third-order valence-corrected chi connectivity index (χ3v) is 8.34. The van der Waals surface area contributed by atoms with Crippen LogP contribution < -0.4 is 10.0 Å². The number of amides is 1. The summed E-state index contributed by atoms with van der Waals surface area (Å²) in [7, 11) is -2.42. The first kappa shape index (κ1) is 21.0. The topological polar surface area (TPSA) is 105 Å². The van der Waals surface area contributed by atoms with Crippen molar-refractivity contribution in [3.8, 4) is 0 Å². The molecular weight excluding hydrogens is 430 g/mol. The van der Waals surface area contributed by atoms with Crippen LogP contribution in [-0.2, 0) is 29.9 Å². The van der Waals surface area contributed by atoms with Crippen molar-refractivity contribution in [2.45, 2.75) is 42.7 Å². The number of esters is 1. The summed E-state index contributed by atoms with van der Waals surface area (Å²) in [5.74, 6) is -0.882. The minimum absolute atomic E-state index is 0.0629. The van der Waals surface area contributed by atoms with Crippen molar-refractivity contribution in [2.24, 2.45) is 5.92 Å². The molecular formula is C23H25N3O5S. The Balaban J connectivity index is 1.53. The molecule has 2 aromatic carbocycles. The van der Waals surface area contributed by atoms with E-state index in [1.165, 1.54) is 7.11 Å². The van der Waals surface area contributed by atoms with Crippen LogP contribution in [0.1, 0.15) is 30.4 Å². The van der Waals surface area contributed by atoms with Crippen LogP contribution in [0.25, 0.3) is 0 Å². The third-order valence-electron chi connectivity index (χ3n) is 6.95. The second-order valence-corrected chi connectivity index (χ2v) is 10.4. The monoisotopic (exact) mass is 455 g/mol. The summed E-state index contributed by atoms with van der Waals surface area (Å²) in [6, 6.07) is 11.6. The molecule has 2 fully saturated rings. The van der Waals surface area contributed by atoms with Gasteiger partial charge in [-0.05, 0) is 63.1 Å². The van der Waals surface area contributed by atoms with E-state index in [1.54, 1.807) is 42.5 Å². The maximum Gasteiger partial charge on any atom is 0.310 e. The van der Waals surface area contributed by atoms with Gasteiger partial charge in [-0.2, -0.15) is 0 Å². The first-order valence-corrected chi connectivity index (χ1v) is 12.1. The zero-order valence-electron chi connectivity index (χ0n) is 17.9. The lowest BCUT2D eigenvalue weighted by Crippen LogP contribution is -2.47. The quantitative estimate of drug-likeness (QED) is 0.687. The zero-order valence-corrected chi connectivity index (χ0v) is 18.7. The number of ether oxygens (including phenoxy) is 1. The molecule has 2 aromatic rings. The number of nitrogens with zero attached hydrogens (tertiary/aromatic N) is 1. The van der Waals surface area contributed by atoms with Gasteiger partial charge in [0.15, 0.2) is 0 Å². The Labute approximate surface area is 187 Å². The van der Waals surface area contributed by atoms with Crippen LogP contribution in [0.5, 0.6) is 0 Å². The van der Waals surface area contributed by atoms with Gasteiger partial charge in [0.05, 0.1) is 17.9 Å². The molecule has 3 unspecified atom stereocenters. The molecule has 9 heteroatoms. The Morgan fingerprint density at radius 3 is 2.69 bits per heavy atom. The lowest BCUT2D eigenvalue weighted by atomic mass is 9.84. The molecule has 0 radical (unpaired) electrons. The highest BCUT2D eigenvalue weighted by atomic mass is 32.2. The lowest BCUT2D eigenvalue weighted by molar-refractivity contribution is -0.146. The van der Waals surface area contributed by atoms with Crippen molar-refractivity contribution in [2.75, 3.05) is 23.7 Å². The molecule has 5 rings (SSSR count). The summed E-state index contributed by atoms with van der Waals surface area (Å²) in [4.78, 5) is 28.0. The average molecular weight is 456 g/mol. The van der Waals surface area contributed by atoms with E-state index >= 15 is 0 Å². The van der Waals surface area contributed by atoms with E-state index in [9.17, 15) is 18.0 Å². The summed E-state index contributed by atoms with van der Waals surface area (Å²) in [6.07, 6.45) is 2.03. The van der Waals surface area contributed by atoms with E-state index in [0.717, 1.165) is 18.4 Å². The molecule has 1 amide bonds. The van der Waals surface area contributed by atoms with Crippen LogP contribution >= 0.6 is 0 Å². The van der Waals surface area contributed by atoms with Crippen LogP contribution in [0.4, 0.5) is 11.4 Å². The van der Waals surface area contributed by atoms with Crippen LogP contribution in [0, 0.1) is 12.8 Å². The van der Waals surface area contributed by atoms with E-state index < -0.39 is 21.5 Å². The fraction of sp³-hybridized carbons (Fsp3) is 0.391. The normalized spacial score (nSPS) is 26.6. The zero-order chi connectivity index (χ0) is 22.7. The number of carbonyl (C=O) groups excluding carboxylic acids is 2. The van der Waals surface area contributed by atoms with Crippen LogP contribution in [0.3, 0.4) is 0 Å². The Morgan fingerprint density at radius 1 is 1.22 bits per heavy atom. The molecule has 0 aromatic heterocycles. The molecule has 0 saturated carbocycles. The van der Waals surface area contributed by atoms with Crippen molar-refractivity contribution in [3.63, 3.8) is 0 Å². The molecule has 8 nitrogen and oxygen atoms in total. The molecule has 3 aliphatic rings. The molecule has 2 N–H and O–H groups in total. The summed E-state index contributed by atoms with van der Waals surface area (Å²) < 4.78 is 33.4. The highest BCUT2D eigenvalue weighted by Crippen LogP contribution is 2.55. The molecule has 3 atom stereocenters. The van der Waals surface area contributed by atoms with Gasteiger partial charge in [0.1, 0.15) is 5.54 Å². The number of hydrogen-bond donors (Lipinski definition) is 2. The fourth-order valence-corrected chi connectivity index (χ4v) is 6.52. The predicted octanol–water partition coefficient (Wildman–Crippen LogP) is 2.60. The minimum Gasteiger partial charge on any atom is -0.469 e.